The number of furan rings is 1. The first-order valence-corrected chi connectivity index (χ1v) is 16.8. The molecule has 0 radical (unpaired) electrons. The second-order valence-electron chi connectivity index (χ2n) is 13.6. The van der Waals surface area contributed by atoms with Gasteiger partial charge in [-0.25, -0.2) is 0 Å². The third-order valence-electron chi connectivity index (χ3n) is 10.7. The molecule has 1 aliphatic rings. The summed E-state index contributed by atoms with van der Waals surface area (Å²) >= 11 is 0. The Morgan fingerprint density at radius 3 is 1.83 bits per heavy atom. The molecule has 8 aromatic carbocycles. The van der Waals surface area contributed by atoms with Crippen molar-refractivity contribution in [2.75, 3.05) is 0 Å². The first-order valence-electron chi connectivity index (χ1n) is 16.8. The summed E-state index contributed by atoms with van der Waals surface area (Å²) in [5.41, 5.74) is 14.4. The van der Waals surface area contributed by atoms with Crippen LogP contribution >= 0.6 is 0 Å². The van der Waals surface area contributed by atoms with Crippen molar-refractivity contribution in [1.29, 1.82) is 0 Å². The SMILES string of the molecule is CC1(C)c2ccccc2-c2ccc(-c3c4ccccc4c(-c4ccc(-c5cccc6ccccc56)cc4)c4oc5ccccc5c34)cc21. The lowest BCUT2D eigenvalue weighted by molar-refractivity contribution is 0.660. The zero-order valence-electron chi connectivity index (χ0n) is 26.9. The van der Waals surface area contributed by atoms with Crippen LogP contribution < -0.4 is 0 Å². The van der Waals surface area contributed by atoms with Crippen molar-refractivity contribution in [3.05, 3.63) is 169 Å². The molecule has 48 heavy (non-hydrogen) atoms. The van der Waals surface area contributed by atoms with Crippen LogP contribution in [-0.4, -0.2) is 0 Å². The summed E-state index contributed by atoms with van der Waals surface area (Å²) in [6, 6.07) is 57.5. The molecule has 0 fully saturated rings. The molecule has 0 amide bonds. The van der Waals surface area contributed by atoms with Crippen LogP contribution in [0.15, 0.2) is 162 Å². The maximum atomic E-state index is 6.87. The van der Waals surface area contributed by atoms with Crippen molar-refractivity contribution < 1.29 is 4.42 Å². The summed E-state index contributed by atoms with van der Waals surface area (Å²) in [5.74, 6) is 0. The lowest BCUT2D eigenvalue weighted by Crippen LogP contribution is -2.14. The van der Waals surface area contributed by atoms with Gasteiger partial charge in [-0.05, 0) is 78.2 Å². The standard InChI is InChI=1S/C47H32O/c1-47(2)40-20-9-7-15-35(40)36-27-26-32(28-41(36)47)43-37-16-5-6-17-38(37)44(46-45(43)39-18-8-10-21-42(39)48-46)31-24-22-30(23-25-31)34-19-11-13-29-12-3-4-14-33(29)34/h3-28H,1-2H3. The van der Waals surface area contributed by atoms with E-state index in [4.69, 9.17) is 4.42 Å². The largest absolute Gasteiger partial charge is 0.455 e. The molecule has 1 aliphatic carbocycles. The molecular weight excluding hydrogens is 581 g/mol. The van der Waals surface area contributed by atoms with Gasteiger partial charge in [0.25, 0.3) is 0 Å². The minimum Gasteiger partial charge on any atom is -0.455 e. The second kappa shape index (κ2) is 10.0. The topological polar surface area (TPSA) is 13.1 Å². The van der Waals surface area contributed by atoms with Gasteiger partial charge in [0, 0.05) is 27.3 Å². The van der Waals surface area contributed by atoms with E-state index in [1.54, 1.807) is 0 Å². The van der Waals surface area contributed by atoms with Crippen LogP contribution in [0.4, 0.5) is 0 Å². The van der Waals surface area contributed by atoms with E-state index in [9.17, 15) is 0 Å². The first-order chi connectivity index (χ1) is 23.6. The molecule has 9 aromatic rings. The minimum atomic E-state index is -0.0823. The molecule has 0 saturated heterocycles. The third kappa shape index (κ3) is 3.79. The van der Waals surface area contributed by atoms with Crippen molar-refractivity contribution in [2.45, 2.75) is 19.3 Å². The number of para-hydroxylation sites is 1. The van der Waals surface area contributed by atoms with Gasteiger partial charge >= 0.3 is 0 Å². The van der Waals surface area contributed by atoms with Crippen LogP contribution in [0.3, 0.4) is 0 Å². The van der Waals surface area contributed by atoms with Gasteiger partial charge < -0.3 is 4.42 Å². The van der Waals surface area contributed by atoms with Crippen molar-refractivity contribution in [3.63, 3.8) is 0 Å². The van der Waals surface area contributed by atoms with Crippen LogP contribution in [0, 0.1) is 0 Å². The number of hydrogen-bond donors (Lipinski definition) is 0. The summed E-state index contributed by atoms with van der Waals surface area (Å²) in [6.45, 7) is 4.71. The number of fused-ring (bicyclic) bond motifs is 8. The van der Waals surface area contributed by atoms with Gasteiger partial charge in [-0.2, -0.15) is 0 Å². The summed E-state index contributed by atoms with van der Waals surface area (Å²) in [5, 5.41) is 7.26. The van der Waals surface area contributed by atoms with E-state index in [1.807, 2.05) is 0 Å². The lowest BCUT2D eigenvalue weighted by atomic mass is 9.80. The van der Waals surface area contributed by atoms with Gasteiger partial charge in [-0.1, -0.05) is 159 Å². The van der Waals surface area contributed by atoms with Crippen molar-refractivity contribution in [3.8, 4) is 44.5 Å². The number of hydrogen-bond acceptors (Lipinski definition) is 1. The van der Waals surface area contributed by atoms with E-state index in [0.717, 1.165) is 27.7 Å². The van der Waals surface area contributed by atoms with Crippen LogP contribution in [0.25, 0.3) is 88.0 Å². The first kappa shape index (κ1) is 27.2. The molecule has 1 heterocycles. The van der Waals surface area contributed by atoms with E-state index in [1.165, 1.54) is 71.4 Å². The highest BCUT2D eigenvalue weighted by Crippen LogP contribution is 2.52. The maximum absolute atomic E-state index is 6.87. The average Bonchev–Trinajstić information content (AvgIpc) is 3.62. The molecule has 0 bridgehead atoms. The van der Waals surface area contributed by atoms with Crippen molar-refractivity contribution in [2.24, 2.45) is 0 Å². The lowest BCUT2D eigenvalue weighted by Gasteiger charge is -2.22. The number of rotatable bonds is 3. The van der Waals surface area contributed by atoms with Gasteiger partial charge in [0.1, 0.15) is 11.2 Å². The smallest absolute Gasteiger partial charge is 0.144 e. The quantitative estimate of drug-likeness (QED) is 0.193. The Labute approximate surface area is 279 Å². The summed E-state index contributed by atoms with van der Waals surface area (Å²) in [7, 11) is 0. The molecule has 226 valence electrons. The Morgan fingerprint density at radius 1 is 0.417 bits per heavy atom. The molecular formula is C47H32O. The predicted octanol–water partition coefficient (Wildman–Crippen LogP) is 13.2. The Kier molecular flexibility index (Phi) is 5.69. The molecule has 0 saturated carbocycles. The van der Waals surface area contributed by atoms with Crippen LogP contribution in [0.5, 0.6) is 0 Å². The number of benzene rings is 8. The molecule has 0 atom stereocenters. The molecule has 1 nitrogen and oxygen atoms in total. The van der Waals surface area contributed by atoms with Crippen molar-refractivity contribution in [1.82, 2.24) is 0 Å². The summed E-state index contributed by atoms with van der Waals surface area (Å²) in [6.07, 6.45) is 0. The molecule has 10 rings (SSSR count). The van der Waals surface area contributed by atoms with Gasteiger partial charge in [0.15, 0.2) is 0 Å². The van der Waals surface area contributed by atoms with Crippen molar-refractivity contribution >= 4 is 43.5 Å². The van der Waals surface area contributed by atoms with Gasteiger partial charge in [0.05, 0.1) is 0 Å². The Morgan fingerprint density at radius 2 is 1.00 bits per heavy atom. The van der Waals surface area contributed by atoms with E-state index >= 15 is 0 Å². The summed E-state index contributed by atoms with van der Waals surface area (Å²) in [4.78, 5) is 0. The fourth-order valence-corrected chi connectivity index (χ4v) is 8.39. The Balaban J connectivity index is 1.23. The average molecular weight is 613 g/mol. The molecule has 0 unspecified atom stereocenters. The van der Waals surface area contributed by atoms with E-state index in [2.05, 4.69) is 172 Å². The third-order valence-corrected chi connectivity index (χ3v) is 10.7. The van der Waals surface area contributed by atoms with Crippen LogP contribution in [-0.2, 0) is 5.41 Å². The van der Waals surface area contributed by atoms with Crippen LogP contribution in [0.1, 0.15) is 25.0 Å². The highest BCUT2D eigenvalue weighted by atomic mass is 16.3. The molecule has 1 heteroatoms. The van der Waals surface area contributed by atoms with E-state index < -0.39 is 0 Å². The maximum Gasteiger partial charge on any atom is 0.144 e. The zero-order valence-corrected chi connectivity index (χ0v) is 26.9. The highest BCUT2D eigenvalue weighted by molar-refractivity contribution is 6.26. The Bertz CT molecular complexity index is 2730. The molecule has 0 spiro atoms. The highest BCUT2D eigenvalue weighted by Gasteiger charge is 2.35. The minimum absolute atomic E-state index is 0.0823. The fourth-order valence-electron chi connectivity index (χ4n) is 8.39. The van der Waals surface area contributed by atoms with E-state index in [0.29, 0.717) is 0 Å². The predicted molar refractivity (Wildman–Crippen MR) is 203 cm³/mol. The Hall–Kier alpha value is -5.92. The summed E-state index contributed by atoms with van der Waals surface area (Å²) < 4.78 is 6.87. The van der Waals surface area contributed by atoms with E-state index in [-0.39, 0.29) is 5.41 Å². The molecule has 0 aliphatic heterocycles. The second-order valence-corrected chi connectivity index (χ2v) is 13.6. The molecule has 0 N–H and O–H groups in total. The zero-order chi connectivity index (χ0) is 32.0. The van der Waals surface area contributed by atoms with Gasteiger partial charge in [-0.3, -0.25) is 0 Å². The molecule has 1 aromatic heterocycles. The fraction of sp³-hybridized carbons (Fsp3) is 0.0638. The normalized spacial score (nSPS) is 13.4. The monoisotopic (exact) mass is 612 g/mol. The van der Waals surface area contributed by atoms with Gasteiger partial charge in [0.2, 0.25) is 0 Å². The van der Waals surface area contributed by atoms with Gasteiger partial charge in [-0.15, -0.1) is 0 Å². The van der Waals surface area contributed by atoms with Crippen LogP contribution in [0.2, 0.25) is 0 Å².